The molecule has 4 nitrogen and oxygen atoms in total. The number of rotatable bonds is 1. The first-order chi connectivity index (χ1) is 7.16. The van der Waals surface area contributed by atoms with Crippen molar-refractivity contribution >= 4 is 5.91 Å². The maximum absolute atomic E-state index is 12.0. The van der Waals surface area contributed by atoms with Crippen molar-refractivity contribution in [1.82, 2.24) is 14.9 Å². The summed E-state index contributed by atoms with van der Waals surface area (Å²) in [6.45, 7) is 5.42. The van der Waals surface area contributed by atoms with Crippen LogP contribution in [0.4, 0.5) is 0 Å². The van der Waals surface area contributed by atoms with E-state index in [2.05, 4.69) is 9.97 Å². The molecule has 0 spiro atoms. The van der Waals surface area contributed by atoms with Crippen LogP contribution in [0.15, 0.2) is 6.07 Å². The van der Waals surface area contributed by atoms with Crippen LogP contribution >= 0.6 is 0 Å². The molecule has 15 heavy (non-hydrogen) atoms. The molecule has 1 aliphatic rings. The second-order valence-electron chi connectivity index (χ2n) is 3.94. The molecule has 80 valence electrons. The molecule has 1 aromatic heterocycles. The highest BCUT2D eigenvalue weighted by Crippen LogP contribution is 2.12. The minimum Gasteiger partial charge on any atom is -0.337 e. The summed E-state index contributed by atoms with van der Waals surface area (Å²) in [5.41, 5.74) is 1.38. The molecule has 0 radical (unpaired) electrons. The molecule has 2 rings (SSSR count). The van der Waals surface area contributed by atoms with Gasteiger partial charge in [0.05, 0.1) is 0 Å². The van der Waals surface area contributed by atoms with E-state index >= 15 is 0 Å². The molecule has 1 saturated heterocycles. The maximum atomic E-state index is 12.0. The molecule has 2 heterocycles. The molecule has 4 heteroatoms. The average Bonchev–Trinajstić information content (AvgIpc) is 2.67. The lowest BCUT2D eigenvalue weighted by atomic mass is 10.3. The maximum Gasteiger partial charge on any atom is 0.272 e. The number of amides is 1. The van der Waals surface area contributed by atoms with Gasteiger partial charge < -0.3 is 4.90 Å². The van der Waals surface area contributed by atoms with E-state index in [4.69, 9.17) is 0 Å². The van der Waals surface area contributed by atoms with Crippen LogP contribution < -0.4 is 0 Å². The van der Waals surface area contributed by atoms with Crippen molar-refractivity contribution in [2.75, 3.05) is 13.1 Å². The summed E-state index contributed by atoms with van der Waals surface area (Å²) < 4.78 is 0. The molecule has 0 saturated carbocycles. The minimum atomic E-state index is 0.0427. The zero-order valence-corrected chi connectivity index (χ0v) is 9.16. The molecule has 1 aromatic rings. The van der Waals surface area contributed by atoms with Gasteiger partial charge in [-0.2, -0.15) is 0 Å². The monoisotopic (exact) mass is 205 g/mol. The van der Waals surface area contributed by atoms with Crippen molar-refractivity contribution in [2.45, 2.75) is 26.7 Å². The zero-order valence-electron chi connectivity index (χ0n) is 9.16. The minimum absolute atomic E-state index is 0.0427. The standard InChI is InChI=1S/C11H15N3O/c1-8-7-10(13-9(2)12-8)11(15)14-5-3-4-6-14/h7H,3-6H2,1-2H3. The van der Waals surface area contributed by atoms with Gasteiger partial charge in [0, 0.05) is 18.8 Å². The number of likely N-dealkylation sites (tertiary alicyclic amines) is 1. The van der Waals surface area contributed by atoms with Crippen LogP contribution in [0.2, 0.25) is 0 Å². The van der Waals surface area contributed by atoms with Gasteiger partial charge in [-0.05, 0) is 32.8 Å². The molecule has 1 amide bonds. The van der Waals surface area contributed by atoms with E-state index < -0.39 is 0 Å². The van der Waals surface area contributed by atoms with Crippen molar-refractivity contribution in [3.63, 3.8) is 0 Å². The van der Waals surface area contributed by atoms with Crippen LogP contribution in [-0.4, -0.2) is 33.9 Å². The van der Waals surface area contributed by atoms with E-state index in [1.165, 1.54) is 0 Å². The van der Waals surface area contributed by atoms with Crippen molar-refractivity contribution in [3.8, 4) is 0 Å². The highest BCUT2D eigenvalue weighted by atomic mass is 16.2. The van der Waals surface area contributed by atoms with Gasteiger partial charge in [0.2, 0.25) is 0 Å². The largest absolute Gasteiger partial charge is 0.337 e. The predicted molar refractivity (Wildman–Crippen MR) is 56.6 cm³/mol. The fraction of sp³-hybridized carbons (Fsp3) is 0.545. The summed E-state index contributed by atoms with van der Waals surface area (Å²) in [6.07, 6.45) is 2.21. The fourth-order valence-corrected chi connectivity index (χ4v) is 1.91. The number of nitrogens with zero attached hydrogens (tertiary/aromatic N) is 3. The van der Waals surface area contributed by atoms with E-state index in [0.717, 1.165) is 31.6 Å². The highest BCUT2D eigenvalue weighted by Gasteiger charge is 2.20. The molecule has 1 fully saturated rings. The number of hydrogen-bond acceptors (Lipinski definition) is 3. The quantitative estimate of drug-likeness (QED) is 0.694. The van der Waals surface area contributed by atoms with Gasteiger partial charge >= 0.3 is 0 Å². The number of hydrogen-bond donors (Lipinski definition) is 0. The van der Waals surface area contributed by atoms with Crippen LogP contribution in [0.1, 0.15) is 34.8 Å². The molecule has 1 aliphatic heterocycles. The Balaban J connectivity index is 2.24. The Morgan fingerprint density at radius 1 is 1.27 bits per heavy atom. The van der Waals surface area contributed by atoms with Gasteiger partial charge in [-0.3, -0.25) is 4.79 Å². The normalized spacial score (nSPS) is 15.7. The molecule has 0 aromatic carbocycles. The van der Waals surface area contributed by atoms with Crippen molar-refractivity contribution in [1.29, 1.82) is 0 Å². The van der Waals surface area contributed by atoms with Crippen LogP contribution in [-0.2, 0) is 0 Å². The van der Waals surface area contributed by atoms with Crippen molar-refractivity contribution < 1.29 is 4.79 Å². The van der Waals surface area contributed by atoms with Crippen LogP contribution in [0, 0.1) is 13.8 Å². The lowest BCUT2D eigenvalue weighted by Gasteiger charge is -2.14. The number of aromatic nitrogens is 2. The molecule has 0 bridgehead atoms. The third kappa shape index (κ3) is 2.14. The Labute approximate surface area is 89.3 Å². The van der Waals surface area contributed by atoms with E-state index in [9.17, 15) is 4.79 Å². The van der Waals surface area contributed by atoms with Crippen LogP contribution in [0.3, 0.4) is 0 Å². The molecular weight excluding hydrogens is 190 g/mol. The van der Waals surface area contributed by atoms with E-state index in [1.807, 2.05) is 18.7 Å². The van der Waals surface area contributed by atoms with E-state index in [-0.39, 0.29) is 5.91 Å². The third-order valence-corrected chi connectivity index (χ3v) is 2.58. The van der Waals surface area contributed by atoms with Gasteiger partial charge in [0.1, 0.15) is 11.5 Å². The van der Waals surface area contributed by atoms with Gasteiger partial charge in [-0.1, -0.05) is 0 Å². The third-order valence-electron chi connectivity index (χ3n) is 2.58. The summed E-state index contributed by atoms with van der Waals surface area (Å²) in [5, 5.41) is 0. The van der Waals surface area contributed by atoms with E-state index in [0.29, 0.717) is 11.5 Å². The smallest absolute Gasteiger partial charge is 0.272 e. The van der Waals surface area contributed by atoms with Gasteiger partial charge in [0.25, 0.3) is 5.91 Å². The van der Waals surface area contributed by atoms with Crippen LogP contribution in [0.5, 0.6) is 0 Å². The summed E-state index contributed by atoms with van der Waals surface area (Å²) in [4.78, 5) is 22.2. The summed E-state index contributed by atoms with van der Waals surface area (Å²) >= 11 is 0. The number of carbonyl (C=O) groups excluding carboxylic acids is 1. The summed E-state index contributed by atoms with van der Waals surface area (Å²) in [7, 11) is 0. The molecular formula is C11H15N3O. The Bertz CT molecular complexity index is 363. The first kappa shape index (κ1) is 10.1. The second kappa shape index (κ2) is 3.96. The molecule has 0 aliphatic carbocycles. The lowest BCUT2D eigenvalue weighted by molar-refractivity contribution is 0.0786. The second-order valence-corrected chi connectivity index (χ2v) is 3.94. The Morgan fingerprint density at radius 3 is 2.53 bits per heavy atom. The summed E-state index contributed by atoms with van der Waals surface area (Å²) in [6, 6.07) is 1.76. The number of aryl methyl sites for hydroxylation is 2. The van der Waals surface area contributed by atoms with Gasteiger partial charge in [-0.15, -0.1) is 0 Å². The zero-order chi connectivity index (χ0) is 10.8. The Hall–Kier alpha value is -1.45. The van der Waals surface area contributed by atoms with E-state index in [1.54, 1.807) is 6.07 Å². The average molecular weight is 205 g/mol. The van der Waals surface area contributed by atoms with Crippen molar-refractivity contribution in [3.05, 3.63) is 23.3 Å². The first-order valence-corrected chi connectivity index (χ1v) is 5.28. The molecule has 0 N–H and O–H groups in total. The lowest BCUT2D eigenvalue weighted by Crippen LogP contribution is -2.28. The Morgan fingerprint density at radius 2 is 1.93 bits per heavy atom. The van der Waals surface area contributed by atoms with Gasteiger partial charge in [0.15, 0.2) is 0 Å². The predicted octanol–water partition coefficient (Wildman–Crippen LogP) is 1.33. The fourth-order valence-electron chi connectivity index (χ4n) is 1.91. The number of carbonyl (C=O) groups is 1. The Kier molecular flexibility index (Phi) is 2.66. The SMILES string of the molecule is Cc1cc(C(=O)N2CCCC2)nc(C)n1. The first-order valence-electron chi connectivity index (χ1n) is 5.28. The summed E-state index contributed by atoms with van der Waals surface area (Å²) in [5.74, 6) is 0.707. The highest BCUT2D eigenvalue weighted by molar-refractivity contribution is 5.92. The molecule has 0 atom stereocenters. The van der Waals surface area contributed by atoms with Gasteiger partial charge in [-0.25, -0.2) is 9.97 Å². The molecule has 0 unspecified atom stereocenters. The van der Waals surface area contributed by atoms with Crippen LogP contribution in [0.25, 0.3) is 0 Å². The topological polar surface area (TPSA) is 46.1 Å². The van der Waals surface area contributed by atoms with Crippen molar-refractivity contribution in [2.24, 2.45) is 0 Å².